The van der Waals surface area contributed by atoms with Gasteiger partial charge in [0, 0.05) is 16.8 Å². The van der Waals surface area contributed by atoms with Gasteiger partial charge in [0.2, 0.25) is 0 Å². The van der Waals surface area contributed by atoms with Crippen LogP contribution in [0.15, 0.2) is 12.1 Å². The highest BCUT2D eigenvalue weighted by Gasteiger charge is 2.21. The Labute approximate surface area is 85.1 Å². The van der Waals surface area contributed by atoms with Crippen molar-refractivity contribution in [3.05, 3.63) is 28.8 Å². The molecule has 0 aromatic heterocycles. The molecule has 0 fully saturated rings. The molecule has 0 aliphatic heterocycles. The first-order chi connectivity index (χ1) is 6.97. The Morgan fingerprint density at radius 3 is 2.53 bits per heavy atom. The predicted molar refractivity (Wildman–Crippen MR) is 50.5 cm³/mol. The summed E-state index contributed by atoms with van der Waals surface area (Å²) in [5.41, 5.74) is 4.53. The normalized spacial score (nSPS) is 10.1. The molecule has 0 saturated heterocycles. The Hall–Kier alpha value is -1.96. The lowest BCUT2D eigenvalue weighted by molar-refractivity contribution is 0.0999. The van der Waals surface area contributed by atoms with Gasteiger partial charge in [0.15, 0.2) is 5.78 Å². The minimum absolute atomic E-state index is 0.126. The van der Waals surface area contributed by atoms with Gasteiger partial charge in [-0.05, 0) is 19.1 Å². The van der Waals surface area contributed by atoms with E-state index in [-0.39, 0.29) is 16.8 Å². The van der Waals surface area contributed by atoms with E-state index in [4.69, 9.17) is 11.0 Å². The summed E-state index contributed by atoms with van der Waals surface area (Å²) in [6, 6.07) is 3.89. The SMILES string of the molecule is CC(=O)c1cc(N)cc(C#N)c1C(F)F. The number of halogens is 2. The van der Waals surface area contributed by atoms with Crippen LogP contribution < -0.4 is 5.73 Å². The summed E-state index contributed by atoms with van der Waals surface area (Å²) < 4.78 is 25.2. The van der Waals surface area contributed by atoms with E-state index in [1.54, 1.807) is 6.07 Å². The molecule has 2 N–H and O–H groups in total. The first-order valence-electron chi connectivity index (χ1n) is 4.10. The Bertz CT molecular complexity index is 449. The van der Waals surface area contributed by atoms with Gasteiger partial charge >= 0.3 is 0 Å². The number of ketones is 1. The number of nitrogens with zero attached hydrogens (tertiary/aromatic N) is 1. The van der Waals surface area contributed by atoms with Crippen molar-refractivity contribution in [2.75, 3.05) is 5.73 Å². The van der Waals surface area contributed by atoms with Gasteiger partial charge in [-0.25, -0.2) is 8.78 Å². The van der Waals surface area contributed by atoms with E-state index in [2.05, 4.69) is 0 Å². The van der Waals surface area contributed by atoms with Gasteiger partial charge in [0.05, 0.1) is 11.6 Å². The highest BCUT2D eigenvalue weighted by molar-refractivity contribution is 5.97. The van der Waals surface area contributed by atoms with Gasteiger partial charge in [-0.15, -0.1) is 0 Å². The molecule has 1 aromatic carbocycles. The lowest BCUT2D eigenvalue weighted by Crippen LogP contribution is -2.05. The Morgan fingerprint density at radius 2 is 2.13 bits per heavy atom. The van der Waals surface area contributed by atoms with Crippen LogP contribution in [-0.2, 0) is 0 Å². The number of rotatable bonds is 2. The van der Waals surface area contributed by atoms with Gasteiger partial charge < -0.3 is 5.73 Å². The monoisotopic (exact) mass is 210 g/mol. The Kier molecular flexibility index (Phi) is 3.00. The largest absolute Gasteiger partial charge is 0.399 e. The first-order valence-corrected chi connectivity index (χ1v) is 4.10. The van der Waals surface area contributed by atoms with Crippen LogP contribution in [0.2, 0.25) is 0 Å². The van der Waals surface area contributed by atoms with Crippen molar-refractivity contribution in [1.29, 1.82) is 5.26 Å². The predicted octanol–water partition coefficient (Wildman–Crippen LogP) is 2.28. The number of nitrogens with two attached hydrogens (primary N) is 1. The molecule has 15 heavy (non-hydrogen) atoms. The molecule has 0 bridgehead atoms. The number of anilines is 1. The zero-order valence-electron chi connectivity index (χ0n) is 7.92. The number of nitriles is 1. The van der Waals surface area contributed by atoms with E-state index < -0.39 is 17.8 Å². The maximum absolute atomic E-state index is 12.6. The van der Waals surface area contributed by atoms with Crippen LogP contribution in [-0.4, -0.2) is 5.78 Å². The topological polar surface area (TPSA) is 66.9 Å². The number of hydrogen-bond acceptors (Lipinski definition) is 3. The van der Waals surface area contributed by atoms with Crippen LogP contribution in [0.4, 0.5) is 14.5 Å². The van der Waals surface area contributed by atoms with Gasteiger partial charge in [-0.2, -0.15) is 5.26 Å². The minimum Gasteiger partial charge on any atom is -0.399 e. The molecule has 0 spiro atoms. The van der Waals surface area contributed by atoms with Gasteiger partial charge in [-0.1, -0.05) is 0 Å². The van der Waals surface area contributed by atoms with Crippen molar-refractivity contribution in [3.63, 3.8) is 0 Å². The van der Waals surface area contributed by atoms with Crippen LogP contribution >= 0.6 is 0 Å². The Morgan fingerprint density at radius 1 is 1.53 bits per heavy atom. The first kappa shape index (κ1) is 11.1. The summed E-state index contributed by atoms with van der Waals surface area (Å²) in [5, 5.41) is 8.65. The molecule has 3 nitrogen and oxygen atoms in total. The van der Waals surface area contributed by atoms with E-state index >= 15 is 0 Å². The third kappa shape index (κ3) is 2.10. The molecule has 0 aliphatic carbocycles. The summed E-state index contributed by atoms with van der Waals surface area (Å²) >= 11 is 0. The molecule has 0 unspecified atom stereocenters. The fourth-order valence-corrected chi connectivity index (χ4v) is 1.29. The lowest BCUT2D eigenvalue weighted by atomic mass is 9.98. The number of carbonyl (C=O) groups excluding carboxylic acids is 1. The second-order valence-electron chi connectivity index (χ2n) is 3.00. The van der Waals surface area contributed by atoms with E-state index in [0.717, 1.165) is 19.1 Å². The number of Topliss-reactive ketones (excluding diaryl/α,β-unsaturated/α-hetero) is 1. The van der Waals surface area contributed by atoms with Crippen LogP contribution in [0.3, 0.4) is 0 Å². The van der Waals surface area contributed by atoms with E-state index in [1.807, 2.05) is 0 Å². The molecule has 0 radical (unpaired) electrons. The molecule has 5 heteroatoms. The third-order valence-corrected chi connectivity index (χ3v) is 1.92. The number of benzene rings is 1. The minimum atomic E-state index is -2.86. The number of alkyl halides is 2. The van der Waals surface area contributed by atoms with Gasteiger partial charge in [-0.3, -0.25) is 4.79 Å². The molecule has 0 amide bonds. The molecule has 1 rings (SSSR count). The molecular formula is C10H8F2N2O. The standard InChI is InChI=1S/C10H8F2N2O/c1-5(15)8-3-7(14)2-6(4-13)9(8)10(11)12/h2-3,10H,14H2,1H3. The maximum atomic E-state index is 12.6. The summed E-state index contributed by atoms with van der Waals surface area (Å²) in [6.07, 6.45) is -2.86. The summed E-state index contributed by atoms with van der Waals surface area (Å²) in [6.45, 7) is 1.15. The molecule has 78 valence electrons. The van der Waals surface area contributed by atoms with Crippen molar-refractivity contribution in [3.8, 4) is 6.07 Å². The fourth-order valence-electron chi connectivity index (χ4n) is 1.29. The zero-order chi connectivity index (χ0) is 11.6. The summed E-state index contributed by atoms with van der Waals surface area (Å²) in [7, 11) is 0. The van der Waals surface area contributed by atoms with Gasteiger partial charge in [0.25, 0.3) is 6.43 Å². The quantitative estimate of drug-likeness (QED) is 0.601. The fraction of sp³-hybridized carbons (Fsp3) is 0.200. The van der Waals surface area contributed by atoms with Crippen molar-refractivity contribution >= 4 is 11.5 Å². The van der Waals surface area contributed by atoms with Gasteiger partial charge in [0.1, 0.15) is 0 Å². The second-order valence-corrected chi connectivity index (χ2v) is 3.00. The van der Waals surface area contributed by atoms with Crippen LogP contribution in [0, 0.1) is 11.3 Å². The number of nitrogen functional groups attached to an aromatic ring is 1. The summed E-state index contributed by atoms with van der Waals surface area (Å²) in [5.74, 6) is -0.533. The average Bonchev–Trinajstić information content (AvgIpc) is 2.15. The molecule has 1 aromatic rings. The molecule has 0 heterocycles. The number of carbonyl (C=O) groups is 1. The van der Waals surface area contributed by atoms with Crippen molar-refractivity contribution in [2.24, 2.45) is 0 Å². The molecule has 0 saturated carbocycles. The third-order valence-electron chi connectivity index (χ3n) is 1.92. The zero-order valence-corrected chi connectivity index (χ0v) is 7.92. The van der Waals surface area contributed by atoms with E-state index in [9.17, 15) is 13.6 Å². The maximum Gasteiger partial charge on any atom is 0.265 e. The van der Waals surface area contributed by atoms with E-state index in [1.165, 1.54) is 0 Å². The highest BCUT2D eigenvalue weighted by Crippen LogP contribution is 2.29. The lowest BCUT2D eigenvalue weighted by Gasteiger charge is -2.09. The van der Waals surface area contributed by atoms with Crippen molar-refractivity contribution < 1.29 is 13.6 Å². The summed E-state index contributed by atoms with van der Waals surface area (Å²) in [4.78, 5) is 11.1. The van der Waals surface area contributed by atoms with Crippen molar-refractivity contribution in [1.82, 2.24) is 0 Å². The van der Waals surface area contributed by atoms with Crippen molar-refractivity contribution in [2.45, 2.75) is 13.3 Å². The Balaban J connectivity index is 3.56. The number of hydrogen-bond donors (Lipinski definition) is 1. The molecule has 0 atom stereocenters. The average molecular weight is 210 g/mol. The van der Waals surface area contributed by atoms with Crippen LogP contribution in [0.25, 0.3) is 0 Å². The molecule has 0 aliphatic rings. The highest BCUT2D eigenvalue weighted by atomic mass is 19.3. The smallest absolute Gasteiger partial charge is 0.265 e. The van der Waals surface area contributed by atoms with Crippen LogP contribution in [0.5, 0.6) is 0 Å². The van der Waals surface area contributed by atoms with E-state index in [0.29, 0.717) is 0 Å². The van der Waals surface area contributed by atoms with Crippen LogP contribution in [0.1, 0.15) is 34.8 Å². The molecular weight excluding hydrogens is 202 g/mol. The second kappa shape index (κ2) is 4.05.